The third-order valence-corrected chi connectivity index (χ3v) is 6.19. The van der Waals surface area contributed by atoms with Crippen molar-refractivity contribution in [2.24, 2.45) is 0 Å². The van der Waals surface area contributed by atoms with Crippen LogP contribution in [0.15, 0.2) is 48.6 Å². The predicted molar refractivity (Wildman–Crippen MR) is 134 cm³/mol. The topological polar surface area (TPSA) is 146 Å². The van der Waals surface area contributed by atoms with Crippen molar-refractivity contribution in [3.63, 3.8) is 0 Å². The Labute approximate surface area is 213 Å². The number of aryl methyl sites for hydroxylation is 1. The molecule has 3 aromatic rings. The van der Waals surface area contributed by atoms with Gasteiger partial charge in [0.25, 0.3) is 0 Å². The van der Waals surface area contributed by atoms with Crippen molar-refractivity contribution in [1.29, 1.82) is 0 Å². The van der Waals surface area contributed by atoms with Crippen LogP contribution in [-0.4, -0.2) is 40.1 Å². The van der Waals surface area contributed by atoms with E-state index in [1.54, 1.807) is 6.07 Å². The molecule has 190 valence electrons. The van der Waals surface area contributed by atoms with E-state index in [1.807, 2.05) is 31.2 Å². The molecule has 0 radical (unpaired) electrons. The second-order valence-corrected chi connectivity index (χ2v) is 8.96. The largest absolute Gasteiger partial charge is 0.507 e. The van der Waals surface area contributed by atoms with E-state index in [1.165, 1.54) is 6.07 Å². The van der Waals surface area contributed by atoms with Crippen LogP contribution in [0.2, 0.25) is 0 Å². The van der Waals surface area contributed by atoms with E-state index in [-0.39, 0.29) is 52.7 Å². The molecule has 1 aromatic heterocycles. The summed E-state index contributed by atoms with van der Waals surface area (Å²) in [5.41, 5.74) is 9.13. The third kappa shape index (κ3) is 5.39. The van der Waals surface area contributed by atoms with Crippen molar-refractivity contribution in [3.8, 4) is 34.3 Å². The Kier molecular flexibility index (Phi) is 6.74. The number of carbonyl (C=O) groups excluding carboxylic acids is 2. The first-order valence-corrected chi connectivity index (χ1v) is 11.9. The Balaban J connectivity index is 1.64. The number of hydrogen-bond donors (Lipinski definition) is 3. The number of esters is 2. The molecule has 4 N–H and O–H groups in total. The number of nitrogens with two attached hydrogens (primary N) is 1. The molecular weight excluding hydrogens is 476 g/mol. The van der Waals surface area contributed by atoms with Crippen LogP contribution < -0.4 is 25.3 Å². The maximum atomic E-state index is 12.4. The van der Waals surface area contributed by atoms with Gasteiger partial charge in [-0.15, -0.1) is 0 Å². The summed E-state index contributed by atoms with van der Waals surface area (Å²) in [4.78, 5) is 33.3. The van der Waals surface area contributed by atoms with Crippen LogP contribution in [0.3, 0.4) is 0 Å². The highest BCUT2D eigenvalue weighted by Crippen LogP contribution is 2.50. The molecule has 1 saturated heterocycles. The SMILES string of the molecule is Cc1ccc(COc2c3c(cc(O)c2-c2cc(C4CCCNC4)nc(N)n2)OC(=O)/C=C/C(=O)O3)cc1. The van der Waals surface area contributed by atoms with Crippen molar-refractivity contribution in [2.75, 3.05) is 18.8 Å². The van der Waals surface area contributed by atoms with E-state index in [9.17, 15) is 14.7 Å². The molecule has 1 fully saturated rings. The molecule has 0 spiro atoms. The Morgan fingerprint density at radius 3 is 2.59 bits per heavy atom. The van der Waals surface area contributed by atoms with Gasteiger partial charge in [-0.3, -0.25) is 0 Å². The number of aromatic nitrogens is 2. The van der Waals surface area contributed by atoms with Gasteiger partial charge in [-0.05, 0) is 37.9 Å². The van der Waals surface area contributed by atoms with Crippen LogP contribution in [0.5, 0.6) is 23.0 Å². The molecule has 2 aromatic carbocycles. The van der Waals surface area contributed by atoms with E-state index < -0.39 is 11.9 Å². The highest BCUT2D eigenvalue weighted by Gasteiger charge is 2.29. The molecule has 0 bridgehead atoms. The minimum atomic E-state index is -0.800. The van der Waals surface area contributed by atoms with Gasteiger partial charge in [0, 0.05) is 30.7 Å². The molecule has 0 saturated carbocycles. The Morgan fingerprint density at radius 1 is 1.11 bits per heavy atom. The minimum Gasteiger partial charge on any atom is -0.507 e. The number of ether oxygens (including phenoxy) is 3. The van der Waals surface area contributed by atoms with Gasteiger partial charge in [-0.25, -0.2) is 19.6 Å². The summed E-state index contributed by atoms with van der Waals surface area (Å²) in [6, 6.07) is 10.6. The van der Waals surface area contributed by atoms with Crippen LogP contribution in [0.25, 0.3) is 11.3 Å². The molecule has 0 amide bonds. The lowest BCUT2D eigenvalue weighted by Crippen LogP contribution is -2.29. The van der Waals surface area contributed by atoms with Crippen molar-refractivity contribution in [3.05, 3.63) is 65.4 Å². The van der Waals surface area contributed by atoms with Gasteiger partial charge < -0.3 is 30.4 Å². The van der Waals surface area contributed by atoms with Crippen molar-refractivity contribution < 1.29 is 28.9 Å². The van der Waals surface area contributed by atoms with E-state index >= 15 is 0 Å². The van der Waals surface area contributed by atoms with E-state index in [0.29, 0.717) is 0 Å². The summed E-state index contributed by atoms with van der Waals surface area (Å²) in [6.45, 7) is 3.72. The number of benzene rings is 2. The molecule has 2 aliphatic heterocycles. The number of nitrogens with zero attached hydrogens (tertiary/aromatic N) is 2. The molecule has 10 heteroatoms. The number of fused-ring (bicyclic) bond motifs is 1. The number of nitrogens with one attached hydrogen (secondary N) is 1. The Morgan fingerprint density at radius 2 is 1.86 bits per heavy atom. The first-order valence-electron chi connectivity index (χ1n) is 11.9. The molecule has 10 nitrogen and oxygen atoms in total. The summed E-state index contributed by atoms with van der Waals surface area (Å²) in [5.74, 6) is -2.08. The van der Waals surface area contributed by atoms with Crippen LogP contribution in [0.1, 0.15) is 35.6 Å². The maximum Gasteiger partial charge on any atom is 0.336 e. The van der Waals surface area contributed by atoms with Gasteiger partial charge in [-0.1, -0.05) is 29.8 Å². The predicted octanol–water partition coefficient (Wildman–Crippen LogP) is 3.17. The number of aromatic hydroxyl groups is 1. The highest BCUT2D eigenvalue weighted by atomic mass is 16.6. The smallest absolute Gasteiger partial charge is 0.336 e. The quantitative estimate of drug-likeness (QED) is 0.351. The Bertz CT molecular complexity index is 1380. The summed E-state index contributed by atoms with van der Waals surface area (Å²) in [5, 5.41) is 14.4. The van der Waals surface area contributed by atoms with E-state index in [4.69, 9.17) is 19.9 Å². The number of phenols is 1. The van der Waals surface area contributed by atoms with Gasteiger partial charge in [-0.2, -0.15) is 0 Å². The number of nitrogen functional groups attached to an aromatic ring is 1. The van der Waals surface area contributed by atoms with E-state index in [2.05, 4.69) is 15.3 Å². The van der Waals surface area contributed by atoms with E-state index in [0.717, 1.165) is 54.9 Å². The van der Waals surface area contributed by atoms with Crippen LogP contribution in [0.4, 0.5) is 5.95 Å². The molecular formula is C27H26N4O6. The molecule has 2 aliphatic rings. The summed E-state index contributed by atoms with van der Waals surface area (Å²) in [6.07, 6.45) is 3.82. The highest BCUT2D eigenvalue weighted by molar-refractivity contribution is 5.96. The molecule has 1 unspecified atom stereocenters. The number of piperidine rings is 1. The van der Waals surface area contributed by atoms with Crippen molar-refractivity contribution in [2.45, 2.75) is 32.3 Å². The fourth-order valence-electron chi connectivity index (χ4n) is 4.34. The first kappa shape index (κ1) is 24.3. The average molecular weight is 503 g/mol. The van der Waals surface area contributed by atoms with Gasteiger partial charge in [0.1, 0.15) is 12.4 Å². The third-order valence-electron chi connectivity index (χ3n) is 6.19. The lowest BCUT2D eigenvalue weighted by Gasteiger charge is -2.23. The monoisotopic (exact) mass is 502 g/mol. The molecule has 3 heterocycles. The summed E-state index contributed by atoms with van der Waals surface area (Å²) >= 11 is 0. The average Bonchev–Trinajstić information content (AvgIpc) is 2.88. The molecule has 1 atom stereocenters. The number of phenolic OH excluding ortho intramolecular Hbond substituents is 1. The zero-order chi connectivity index (χ0) is 25.9. The van der Waals surface area contributed by atoms with Crippen LogP contribution in [0, 0.1) is 6.92 Å². The zero-order valence-corrected chi connectivity index (χ0v) is 20.2. The Hall–Kier alpha value is -4.44. The minimum absolute atomic E-state index is 0.0159. The summed E-state index contributed by atoms with van der Waals surface area (Å²) < 4.78 is 16.9. The summed E-state index contributed by atoms with van der Waals surface area (Å²) in [7, 11) is 0. The lowest BCUT2D eigenvalue weighted by atomic mass is 9.94. The lowest BCUT2D eigenvalue weighted by molar-refractivity contribution is -0.133. The standard InChI is InChI=1S/C27H26N4O6/c1-15-4-6-16(7-5-15)14-35-26-24(19-11-18(30-27(28)31-19)17-3-2-10-29-13-17)20(32)12-21-25(26)37-23(34)9-8-22(33)36-21/h4-9,11-12,17,29,32H,2-3,10,13-14H2,1H3,(H2,28,30,31)/b9-8+. The van der Waals surface area contributed by atoms with Crippen LogP contribution >= 0.6 is 0 Å². The molecule has 5 rings (SSSR count). The first-order chi connectivity index (χ1) is 17.9. The maximum absolute atomic E-state index is 12.4. The second kappa shape index (κ2) is 10.3. The number of hydrogen-bond acceptors (Lipinski definition) is 10. The van der Waals surface area contributed by atoms with Gasteiger partial charge in [0.2, 0.25) is 11.7 Å². The normalized spacial score (nSPS) is 18.1. The van der Waals surface area contributed by atoms with Gasteiger partial charge >= 0.3 is 11.9 Å². The second-order valence-electron chi connectivity index (χ2n) is 8.96. The number of anilines is 1. The van der Waals surface area contributed by atoms with Gasteiger partial charge in [0.15, 0.2) is 11.5 Å². The van der Waals surface area contributed by atoms with Gasteiger partial charge in [0.05, 0.1) is 17.0 Å². The number of rotatable bonds is 5. The van der Waals surface area contributed by atoms with Crippen LogP contribution in [-0.2, 0) is 16.2 Å². The number of carbonyl (C=O) groups is 2. The fraction of sp³-hybridized carbons (Fsp3) is 0.259. The fourth-order valence-corrected chi connectivity index (χ4v) is 4.34. The molecule has 0 aliphatic carbocycles. The van der Waals surface area contributed by atoms with Crippen molar-refractivity contribution >= 4 is 17.9 Å². The zero-order valence-electron chi connectivity index (χ0n) is 20.2. The molecule has 37 heavy (non-hydrogen) atoms. The van der Waals surface area contributed by atoms with Crippen molar-refractivity contribution in [1.82, 2.24) is 15.3 Å².